The van der Waals surface area contributed by atoms with Gasteiger partial charge < -0.3 is 19.2 Å². The minimum atomic E-state index is -0.232. The predicted molar refractivity (Wildman–Crippen MR) is 123 cm³/mol. The summed E-state index contributed by atoms with van der Waals surface area (Å²) in [5.74, 6) is 1.80. The van der Waals surface area contributed by atoms with Gasteiger partial charge in [-0.3, -0.25) is 9.59 Å². The Morgan fingerprint density at radius 1 is 1.25 bits per heavy atom. The minimum absolute atomic E-state index is 0.0992. The lowest BCUT2D eigenvalue weighted by Gasteiger charge is -2.20. The van der Waals surface area contributed by atoms with E-state index in [1.54, 1.807) is 0 Å². The van der Waals surface area contributed by atoms with Gasteiger partial charge in [0.2, 0.25) is 11.8 Å². The Morgan fingerprint density at radius 2 is 2.09 bits per heavy atom. The highest BCUT2D eigenvalue weighted by molar-refractivity contribution is 7.99. The van der Waals surface area contributed by atoms with Crippen LogP contribution < -0.4 is 5.32 Å². The van der Waals surface area contributed by atoms with Crippen LogP contribution in [0.4, 0.5) is 0 Å². The summed E-state index contributed by atoms with van der Waals surface area (Å²) in [5.41, 5.74) is 0.810. The van der Waals surface area contributed by atoms with Crippen LogP contribution in [-0.4, -0.2) is 43.8 Å². The Kier molecular flexibility index (Phi) is 7.14. The molecular formula is C23H29N5O3S. The number of furan rings is 1. The third-order valence-electron chi connectivity index (χ3n) is 5.69. The molecule has 4 rings (SSSR count). The number of hydrogen-bond donors (Lipinski definition) is 1. The molecule has 1 aliphatic heterocycles. The fourth-order valence-electron chi connectivity index (χ4n) is 3.94. The maximum Gasteiger partial charge on any atom is 0.231 e. The summed E-state index contributed by atoms with van der Waals surface area (Å²) < 4.78 is 7.83. The van der Waals surface area contributed by atoms with Gasteiger partial charge in [0.1, 0.15) is 11.3 Å². The van der Waals surface area contributed by atoms with E-state index in [9.17, 15) is 9.59 Å². The van der Waals surface area contributed by atoms with Crippen LogP contribution in [0, 0.1) is 0 Å². The van der Waals surface area contributed by atoms with Crippen LogP contribution in [0.5, 0.6) is 0 Å². The van der Waals surface area contributed by atoms with Crippen molar-refractivity contribution in [1.29, 1.82) is 0 Å². The lowest BCUT2D eigenvalue weighted by molar-refractivity contribution is -0.131. The third-order valence-corrected chi connectivity index (χ3v) is 6.66. The van der Waals surface area contributed by atoms with Gasteiger partial charge in [0.15, 0.2) is 11.0 Å². The van der Waals surface area contributed by atoms with Crippen molar-refractivity contribution in [1.82, 2.24) is 25.0 Å². The first kappa shape index (κ1) is 22.4. The fraction of sp³-hybridized carbons (Fsp3) is 0.478. The number of nitrogens with zero attached hydrogens (tertiary/aromatic N) is 4. The van der Waals surface area contributed by atoms with E-state index in [4.69, 9.17) is 4.42 Å². The number of thioether (sulfide) groups is 1. The number of hydrogen-bond acceptors (Lipinski definition) is 6. The summed E-state index contributed by atoms with van der Waals surface area (Å²) >= 11 is 1.35. The zero-order chi connectivity index (χ0) is 22.5. The first-order valence-corrected chi connectivity index (χ1v) is 12.1. The number of rotatable bonds is 8. The first-order chi connectivity index (χ1) is 15.5. The molecule has 3 aromatic rings. The maximum absolute atomic E-state index is 12.5. The molecule has 0 aliphatic carbocycles. The number of likely N-dealkylation sites (tertiary alicyclic amines) is 1. The highest BCUT2D eigenvalue weighted by atomic mass is 32.2. The number of amides is 2. The number of fused-ring (bicyclic) bond motifs is 1. The molecule has 2 amide bonds. The highest BCUT2D eigenvalue weighted by Gasteiger charge is 2.21. The fourth-order valence-corrected chi connectivity index (χ4v) is 4.77. The van der Waals surface area contributed by atoms with Gasteiger partial charge in [0, 0.05) is 24.9 Å². The zero-order valence-corrected chi connectivity index (χ0v) is 19.4. The molecule has 1 atom stereocenters. The van der Waals surface area contributed by atoms with Crippen LogP contribution in [0.1, 0.15) is 57.2 Å². The largest absolute Gasteiger partial charge is 0.459 e. The number of nitrogens with one attached hydrogen (secondary N) is 1. The summed E-state index contributed by atoms with van der Waals surface area (Å²) in [7, 11) is 0. The number of para-hydroxylation sites is 1. The van der Waals surface area contributed by atoms with Gasteiger partial charge in [-0.25, -0.2) is 0 Å². The second-order valence-electron chi connectivity index (χ2n) is 8.03. The lowest BCUT2D eigenvalue weighted by atomic mass is 10.2. The zero-order valence-electron chi connectivity index (χ0n) is 18.5. The molecule has 32 heavy (non-hydrogen) atoms. The summed E-state index contributed by atoms with van der Waals surface area (Å²) in [6.45, 7) is 5.84. The number of carbonyl (C=O) groups excluding carboxylic acids is 2. The molecule has 0 saturated carbocycles. The Labute approximate surface area is 191 Å². The molecular weight excluding hydrogens is 426 g/mol. The molecule has 2 aromatic heterocycles. The summed E-state index contributed by atoms with van der Waals surface area (Å²) in [6.07, 6.45) is 3.67. The molecule has 9 heteroatoms. The van der Waals surface area contributed by atoms with Crippen molar-refractivity contribution in [2.45, 2.75) is 63.8 Å². The van der Waals surface area contributed by atoms with E-state index in [1.165, 1.54) is 11.8 Å². The monoisotopic (exact) mass is 455 g/mol. The van der Waals surface area contributed by atoms with E-state index in [-0.39, 0.29) is 23.6 Å². The van der Waals surface area contributed by atoms with Crippen molar-refractivity contribution in [3.05, 3.63) is 41.9 Å². The average Bonchev–Trinajstić information content (AvgIpc) is 3.34. The third kappa shape index (κ3) is 5.15. The van der Waals surface area contributed by atoms with Crippen molar-refractivity contribution in [2.24, 2.45) is 0 Å². The van der Waals surface area contributed by atoms with Crippen molar-refractivity contribution in [3.63, 3.8) is 0 Å². The van der Waals surface area contributed by atoms with Gasteiger partial charge in [-0.05, 0) is 38.8 Å². The average molecular weight is 456 g/mol. The molecule has 0 spiro atoms. The van der Waals surface area contributed by atoms with Gasteiger partial charge in [-0.2, -0.15) is 0 Å². The smallest absolute Gasteiger partial charge is 0.231 e. The predicted octanol–water partition coefficient (Wildman–Crippen LogP) is 3.92. The molecule has 1 fully saturated rings. The molecule has 1 N–H and O–H groups in total. The molecule has 8 nitrogen and oxygen atoms in total. The topological polar surface area (TPSA) is 93.3 Å². The van der Waals surface area contributed by atoms with Crippen LogP contribution >= 0.6 is 11.8 Å². The summed E-state index contributed by atoms with van der Waals surface area (Å²) in [5, 5.41) is 13.3. The van der Waals surface area contributed by atoms with Crippen LogP contribution in [-0.2, 0) is 22.7 Å². The van der Waals surface area contributed by atoms with E-state index in [2.05, 4.69) is 15.5 Å². The quantitative estimate of drug-likeness (QED) is 0.518. The molecule has 170 valence electrons. The standard InChI is InChI=1S/C23H29N5O3S/c1-3-28-20(14-27-12-8-4-5-11-22(27)30)25-26-23(28)32-15-21(29)24-16(2)19-13-17-9-6-7-10-18(17)31-19/h6-7,9-10,13,16H,3-5,8,11-12,14-15H2,1-2H3,(H,24,29)/t16-/m1/s1. The normalized spacial score (nSPS) is 15.7. The van der Waals surface area contributed by atoms with Gasteiger partial charge >= 0.3 is 0 Å². The number of carbonyl (C=O) groups is 2. The Bertz CT molecular complexity index is 1060. The highest BCUT2D eigenvalue weighted by Crippen LogP contribution is 2.24. The summed E-state index contributed by atoms with van der Waals surface area (Å²) in [4.78, 5) is 26.7. The van der Waals surface area contributed by atoms with Gasteiger partial charge in [-0.15, -0.1) is 10.2 Å². The Balaban J connectivity index is 1.34. The minimum Gasteiger partial charge on any atom is -0.459 e. The van der Waals surface area contributed by atoms with E-state index in [0.717, 1.165) is 48.4 Å². The van der Waals surface area contributed by atoms with Crippen LogP contribution in [0.2, 0.25) is 0 Å². The van der Waals surface area contributed by atoms with Crippen LogP contribution in [0.3, 0.4) is 0 Å². The van der Waals surface area contributed by atoms with Crippen molar-refractivity contribution in [2.75, 3.05) is 12.3 Å². The number of benzene rings is 1. The van der Waals surface area contributed by atoms with Crippen LogP contribution in [0.25, 0.3) is 11.0 Å². The maximum atomic E-state index is 12.5. The van der Waals surface area contributed by atoms with Crippen molar-refractivity contribution < 1.29 is 14.0 Å². The second kappa shape index (κ2) is 10.2. The van der Waals surface area contributed by atoms with E-state index < -0.39 is 0 Å². The molecule has 0 unspecified atom stereocenters. The lowest BCUT2D eigenvalue weighted by Crippen LogP contribution is -2.31. The van der Waals surface area contributed by atoms with Gasteiger partial charge in [-0.1, -0.05) is 36.4 Å². The van der Waals surface area contributed by atoms with E-state index >= 15 is 0 Å². The molecule has 0 bridgehead atoms. The van der Waals surface area contributed by atoms with Crippen molar-refractivity contribution in [3.8, 4) is 0 Å². The number of aromatic nitrogens is 3. The SMILES string of the molecule is CCn1c(CN2CCCCCC2=O)nnc1SCC(=O)N[C@H](C)c1cc2ccccc2o1. The van der Waals surface area contributed by atoms with E-state index in [1.807, 2.05) is 53.6 Å². The summed E-state index contributed by atoms with van der Waals surface area (Å²) in [6, 6.07) is 9.51. The Hall–Kier alpha value is -2.81. The van der Waals surface area contributed by atoms with Crippen molar-refractivity contribution >= 4 is 34.5 Å². The molecule has 1 aliphatic rings. The second-order valence-corrected chi connectivity index (χ2v) is 8.98. The molecule has 1 aromatic carbocycles. The van der Waals surface area contributed by atoms with Gasteiger partial charge in [0.05, 0.1) is 18.3 Å². The van der Waals surface area contributed by atoms with Crippen LogP contribution in [0.15, 0.2) is 39.9 Å². The molecule has 3 heterocycles. The van der Waals surface area contributed by atoms with E-state index in [0.29, 0.717) is 24.7 Å². The van der Waals surface area contributed by atoms with Gasteiger partial charge in [0.25, 0.3) is 0 Å². The first-order valence-electron chi connectivity index (χ1n) is 11.2. The molecule has 1 saturated heterocycles. The Morgan fingerprint density at radius 3 is 2.91 bits per heavy atom. The molecule has 0 radical (unpaired) electrons.